The van der Waals surface area contributed by atoms with Gasteiger partial charge in [0.1, 0.15) is 17.5 Å². The first-order valence-corrected chi connectivity index (χ1v) is 6.84. The zero-order chi connectivity index (χ0) is 14.0. The number of anilines is 2. The molecular weight excluding hydrogens is 240 g/mol. The van der Waals surface area contributed by atoms with Crippen LogP contribution in [0.4, 0.5) is 11.6 Å². The Morgan fingerprint density at radius 3 is 2.68 bits per heavy atom. The lowest BCUT2D eigenvalue weighted by Gasteiger charge is -2.20. The predicted molar refractivity (Wildman–Crippen MR) is 77.3 cm³/mol. The lowest BCUT2D eigenvalue weighted by Crippen LogP contribution is -2.21. The summed E-state index contributed by atoms with van der Waals surface area (Å²) < 4.78 is 5.38. The lowest BCUT2D eigenvalue weighted by atomic mass is 9.95. The molecule has 0 bridgehead atoms. The zero-order valence-corrected chi connectivity index (χ0v) is 12.3. The molecule has 1 aliphatic heterocycles. The summed E-state index contributed by atoms with van der Waals surface area (Å²) in [5, 5.41) is 3.40. The average molecular weight is 264 g/mol. The van der Waals surface area contributed by atoms with Gasteiger partial charge in [0, 0.05) is 30.0 Å². The summed E-state index contributed by atoms with van der Waals surface area (Å²) in [5.41, 5.74) is 6.81. The molecular formula is C14H24N4O. The summed E-state index contributed by atoms with van der Waals surface area (Å²) in [7, 11) is 0. The number of nitrogens with one attached hydrogen (secondary N) is 1. The van der Waals surface area contributed by atoms with E-state index in [1.807, 2.05) is 6.92 Å². The molecule has 1 saturated heterocycles. The molecule has 19 heavy (non-hydrogen) atoms. The van der Waals surface area contributed by atoms with Crippen molar-refractivity contribution in [3.63, 3.8) is 0 Å². The van der Waals surface area contributed by atoms with Crippen LogP contribution in [0.3, 0.4) is 0 Å². The van der Waals surface area contributed by atoms with Gasteiger partial charge in [-0.25, -0.2) is 9.97 Å². The maximum absolute atomic E-state index is 5.99. The lowest BCUT2D eigenvalue weighted by molar-refractivity contribution is 0.187. The van der Waals surface area contributed by atoms with Crippen molar-refractivity contribution >= 4 is 11.6 Å². The molecule has 1 unspecified atom stereocenters. The standard InChI is InChI=1S/C14H24N4O/c1-9-11(15)17-13(14(2,3)4)18-12(9)16-7-10-5-6-19-8-10/h10H,5-8H2,1-4H3,(H3,15,16,17,18). The number of aromatic nitrogens is 2. The van der Waals surface area contributed by atoms with Gasteiger partial charge in [-0.1, -0.05) is 20.8 Å². The van der Waals surface area contributed by atoms with E-state index >= 15 is 0 Å². The monoisotopic (exact) mass is 264 g/mol. The molecule has 1 aromatic rings. The van der Waals surface area contributed by atoms with E-state index in [2.05, 4.69) is 36.1 Å². The Kier molecular flexibility index (Phi) is 3.94. The quantitative estimate of drug-likeness (QED) is 0.874. The molecule has 1 aromatic heterocycles. The SMILES string of the molecule is Cc1c(N)nc(C(C)(C)C)nc1NCC1CCOC1. The van der Waals surface area contributed by atoms with E-state index in [0.29, 0.717) is 11.7 Å². The van der Waals surface area contributed by atoms with Crippen LogP contribution >= 0.6 is 0 Å². The summed E-state index contributed by atoms with van der Waals surface area (Å²) in [4.78, 5) is 9.01. The first-order valence-electron chi connectivity index (χ1n) is 6.84. The number of nitrogen functional groups attached to an aromatic ring is 1. The fraction of sp³-hybridized carbons (Fsp3) is 0.714. The van der Waals surface area contributed by atoms with Crippen molar-refractivity contribution in [2.45, 2.75) is 39.5 Å². The van der Waals surface area contributed by atoms with E-state index in [4.69, 9.17) is 10.5 Å². The Balaban J connectivity index is 2.16. The summed E-state index contributed by atoms with van der Waals surface area (Å²) in [5.74, 6) is 2.75. The molecule has 5 heteroatoms. The van der Waals surface area contributed by atoms with Crippen molar-refractivity contribution < 1.29 is 4.74 Å². The first kappa shape index (κ1) is 14.1. The van der Waals surface area contributed by atoms with Gasteiger partial charge in [0.25, 0.3) is 0 Å². The van der Waals surface area contributed by atoms with Crippen molar-refractivity contribution in [3.05, 3.63) is 11.4 Å². The first-order chi connectivity index (χ1) is 8.88. The highest BCUT2D eigenvalue weighted by Gasteiger charge is 2.21. The molecule has 1 atom stereocenters. The summed E-state index contributed by atoms with van der Waals surface area (Å²) in [6.45, 7) is 10.8. The second-order valence-electron chi connectivity index (χ2n) is 6.27. The third-order valence-corrected chi connectivity index (χ3v) is 3.44. The van der Waals surface area contributed by atoms with Crippen LogP contribution in [0.15, 0.2) is 0 Å². The fourth-order valence-corrected chi connectivity index (χ4v) is 2.03. The highest BCUT2D eigenvalue weighted by Crippen LogP contribution is 2.25. The van der Waals surface area contributed by atoms with Crippen molar-refractivity contribution in [2.75, 3.05) is 30.8 Å². The topological polar surface area (TPSA) is 73.1 Å². The van der Waals surface area contributed by atoms with Crippen LogP contribution in [0.25, 0.3) is 0 Å². The van der Waals surface area contributed by atoms with E-state index in [1.165, 1.54) is 0 Å². The Morgan fingerprint density at radius 2 is 2.11 bits per heavy atom. The van der Waals surface area contributed by atoms with Crippen LogP contribution in [0.1, 0.15) is 38.6 Å². The minimum Gasteiger partial charge on any atom is -0.383 e. The Hall–Kier alpha value is -1.36. The van der Waals surface area contributed by atoms with Crippen LogP contribution in [-0.2, 0) is 10.2 Å². The van der Waals surface area contributed by atoms with Gasteiger partial charge in [0.15, 0.2) is 0 Å². The van der Waals surface area contributed by atoms with Crippen molar-refractivity contribution in [1.82, 2.24) is 9.97 Å². The minimum absolute atomic E-state index is 0.102. The molecule has 106 valence electrons. The number of nitrogens with zero attached hydrogens (tertiary/aromatic N) is 2. The van der Waals surface area contributed by atoms with Crippen molar-refractivity contribution in [3.8, 4) is 0 Å². The van der Waals surface area contributed by atoms with Crippen LogP contribution < -0.4 is 11.1 Å². The summed E-state index contributed by atoms with van der Waals surface area (Å²) >= 11 is 0. The third-order valence-electron chi connectivity index (χ3n) is 3.44. The molecule has 0 spiro atoms. The number of rotatable bonds is 3. The fourth-order valence-electron chi connectivity index (χ4n) is 2.03. The van der Waals surface area contributed by atoms with E-state index in [1.54, 1.807) is 0 Å². The van der Waals surface area contributed by atoms with Crippen molar-refractivity contribution in [2.24, 2.45) is 5.92 Å². The van der Waals surface area contributed by atoms with E-state index in [-0.39, 0.29) is 5.41 Å². The second-order valence-corrected chi connectivity index (χ2v) is 6.27. The highest BCUT2D eigenvalue weighted by molar-refractivity contribution is 5.55. The van der Waals surface area contributed by atoms with Gasteiger partial charge in [0.05, 0.1) is 6.61 Å². The number of nitrogens with two attached hydrogens (primary N) is 1. The van der Waals surface area contributed by atoms with Gasteiger partial charge >= 0.3 is 0 Å². The van der Waals surface area contributed by atoms with E-state index < -0.39 is 0 Å². The normalized spacial score (nSPS) is 19.7. The van der Waals surface area contributed by atoms with Gasteiger partial charge in [0.2, 0.25) is 0 Å². The molecule has 2 rings (SSSR count). The van der Waals surface area contributed by atoms with Crippen LogP contribution in [0.5, 0.6) is 0 Å². The van der Waals surface area contributed by atoms with Gasteiger partial charge in [-0.2, -0.15) is 0 Å². The molecule has 5 nitrogen and oxygen atoms in total. The molecule has 1 aliphatic rings. The second kappa shape index (κ2) is 5.33. The Bertz CT molecular complexity index is 447. The van der Waals surface area contributed by atoms with Crippen LogP contribution in [-0.4, -0.2) is 29.7 Å². The molecule has 0 aliphatic carbocycles. The van der Waals surface area contributed by atoms with Gasteiger partial charge in [-0.3, -0.25) is 0 Å². The van der Waals surface area contributed by atoms with Gasteiger partial charge in [-0.05, 0) is 13.3 Å². The molecule has 0 aromatic carbocycles. The summed E-state index contributed by atoms with van der Waals surface area (Å²) in [6.07, 6.45) is 1.11. The maximum Gasteiger partial charge on any atom is 0.138 e. The Morgan fingerprint density at radius 1 is 1.37 bits per heavy atom. The van der Waals surface area contributed by atoms with E-state index in [0.717, 1.165) is 43.4 Å². The average Bonchev–Trinajstić information content (AvgIpc) is 2.82. The van der Waals surface area contributed by atoms with Gasteiger partial charge in [-0.15, -0.1) is 0 Å². The largest absolute Gasteiger partial charge is 0.383 e. The Labute approximate surface area is 115 Å². The van der Waals surface area contributed by atoms with E-state index in [9.17, 15) is 0 Å². The maximum atomic E-state index is 5.99. The third kappa shape index (κ3) is 3.35. The van der Waals surface area contributed by atoms with Gasteiger partial charge < -0.3 is 15.8 Å². The predicted octanol–water partition coefficient (Wildman–Crippen LogP) is 2.11. The molecule has 3 N–H and O–H groups in total. The number of hydrogen-bond donors (Lipinski definition) is 2. The van der Waals surface area contributed by atoms with Crippen molar-refractivity contribution in [1.29, 1.82) is 0 Å². The van der Waals surface area contributed by atoms with Crippen LogP contribution in [0, 0.1) is 12.8 Å². The highest BCUT2D eigenvalue weighted by atomic mass is 16.5. The number of ether oxygens (including phenoxy) is 1. The molecule has 0 radical (unpaired) electrons. The molecule has 0 saturated carbocycles. The zero-order valence-electron chi connectivity index (χ0n) is 12.3. The smallest absolute Gasteiger partial charge is 0.138 e. The molecule has 2 heterocycles. The minimum atomic E-state index is -0.102. The van der Waals surface area contributed by atoms with Crippen LogP contribution in [0.2, 0.25) is 0 Å². The molecule has 1 fully saturated rings. The molecule has 0 amide bonds. The summed E-state index contributed by atoms with van der Waals surface area (Å²) in [6, 6.07) is 0. The number of hydrogen-bond acceptors (Lipinski definition) is 5.